The van der Waals surface area contributed by atoms with Crippen LogP contribution in [0.5, 0.6) is 11.6 Å². The normalized spacial score (nSPS) is 10.0. The zero-order chi connectivity index (χ0) is 10.7. The van der Waals surface area contributed by atoms with E-state index < -0.39 is 0 Å². The molecule has 2 aromatic rings. The lowest BCUT2D eigenvalue weighted by Crippen LogP contribution is -1.87. The molecule has 1 aromatic carbocycles. The zero-order valence-corrected chi connectivity index (χ0v) is 9.38. The highest BCUT2D eigenvalue weighted by Crippen LogP contribution is 2.33. The Morgan fingerprint density at radius 2 is 1.93 bits per heavy atom. The molecule has 0 aliphatic rings. The molecule has 3 nitrogen and oxygen atoms in total. The van der Waals surface area contributed by atoms with Gasteiger partial charge in [-0.2, -0.15) is 0 Å². The van der Waals surface area contributed by atoms with Crippen LogP contribution in [-0.4, -0.2) is 19.2 Å². The summed E-state index contributed by atoms with van der Waals surface area (Å²) in [6, 6.07) is 7.80. The van der Waals surface area contributed by atoms with Crippen molar-refractivity contribution >= 4 is 11.3 Å². The average Bonchev–Trinajstić information content (AvgIpc) is 2.77. The second-order valence-electron chi connectivity index (χ2n) is 2.90. The van der Waals surface area contributed by atoms with E-state index in [0.717, 1.165) is 16.3 Å². The zero-order valence-electron chi connectivity index (χ0n) is 8.56. The van der Waals surface area contributed by atoms with E-state index >= 15 is 0 Å². The number of hydrogen-bond acceptors (Lipinski definition) is 4. The summed E-state index contributed by atoms with van der Waals surface area (Å²) >= 11 is 1.54. The highest BCUT2D eigenvalue weighted by atomic mass is 32.1. The van der Waals surface area contributed by atoms with E-state index in [4.69, 9.17) is 9.47 Å². The first-order chi connectivity index (χ1) is 7.35. The van der Waals surface area contributed by atoms with Gasteiger partial charge in [0.15, 0.2) is 0 Å². The second-order valence-corrected chi connectivity index (χ2v) is 3.75. The van der Waals surface area contributed by atoms with Crippen molar-refractivity contribution in [3.05, 3.63) is 29.6 Å². The maximum Gasteiger partial charge on any atom is 0.224 e. The van der Waals surface area contributed by atoms with Crippen molar-refractivity contribution in [1.29, 1.82) is 0 Å². The fourth-order valence-electron chi connectivity index (χ4n) is 1.30. The fraction of sp³-hybridized carbons (Fsp3) is 0.182. The van der Waals surface area contributed by atoms with Gasteiger partial charge >= 0.3 is 0 Å². The van der Waals surface area contributed by atoms with Crippen molar-refractivity contribution in [1.82, 2.24) is 4.98 Å². The van der Waals surface area contributed by atoms with E-state index in [0.29, 0.717) is 5.88 Å². The lowest BCUT2D eigenvalue weighted by Gasteiger charge is -2.04. The second kappa shape index (κ2) is 4.31. The molecule has 1 aromatic heterocycles. The number of thiazole rings is 1. The molecule has 2 rings (SSSR count). The largest absolute Gasteiger partial charge is 0.496 e. The van der Waals surface area contributed by atoms with E-state index in [1.165, 1.54) is 0 Å². The molecule has 0 radical (unpaired) electrons. The summed E-state index contributed by atoms with van der Waals surface area (Å²) in [6.07, 6.45) is 0. The Morgan fingerprint density at radius 3 is 2.60 bits per heavy atom. The number of methoxy groups -OCH3 is 2. The minimum absolute atomic E-state index is 0.640. The lowest BCUT2D eigenvalue weighted by atomic mass is 10.2. The summed E-state index contributed by atoms with van der Waals surface area (Å²) < 4.78 is 10.3. The minimum Gasteiger partial charge on any atom is -0.496 e. The Kier molecular flexibility index (Phi) is 2.87. The first-order valence-electron chi connectivity index (χ1n) is 4.48. The molecule has 1 heterocycles. The molecule has 0 atom stereocenters. The quantitative estimate of drug-likeness (QED) is 0.798. The van der Waals surface area contributed by atoms with Gasteiger partial charge in [-0.3, -0.25) is 0 Å². The van der Waals surface area contributed by atoms with Gasteiger partial charge in [-0.25, -0.2) is 4.98 Å². The molecule has 0 N–H and O–H groups in total. The van der Waals surface area contributed by atoms with Crippen molar-refractivity contribution in [2.24, 2.45) is 0 Å². The molecule has 0 aliphatic carbocycles. The Labute approximate surface area is 92.3 Å². The molecule has 4 heteroatoms. The van der Waals surface area contributed by atoms with Crippen LogP contribution in [0.2, 0.25) is 0 Å². The van der Waals surface area contributed by atoms with E-state index in [1.807, 2.05) is 29.6 Å². The molecular weight excluding hydrogens is 210 g/mol. The summed E-state index contributed by atoms with van der Waals surface area (Å²) in [5.74, 6) is 1.47. The van der Waals surface area contributed by atoms with Crippen molar-refractivity contribution in [2.45, 2.75) is 0 Å². The summed E-state index contributed by atoms with van der Waals surface area (Å²) in [6.45, 7) is 0. The molecule has 0 saturated heterocycles. The highest BCUT2D eigenvalue weighted by Gasteiger charge is 2.09. The molecule has 0 bridgehead atoms. The van der Waals surface area contributed by atoms with E-state index in [-0.39, 0.29) is 0 Å². The predicted molar refractivity (Wildman–Crippen MR) is 60.7 cm³/mol. The highest BCUT2D eigenvalue weighted by molar-refractivity contribution is 7.13. The van der Waals surface area contributed by atoms with Gasteiger partial charge in [0.05, 0.1) is 25.2 Å². The van der Waals surface area contributed by atoms with Crippen LogP contribution in [-0.2, 0) is 0 Å². The summed E-state index contributed by atoms with van der Waals surface area (Å²) in [5.41, 5.74) is 0.994. The smallest absolute Gasteiger partial charge is 0.224 e. The van der Waals surface area contributed by atoms with Gasteiger partial charge in [0, 0.05) is 0 Å². The number of benzene rings is 1. The third kappa shape index (κ3) is 1.94. The van der Waals surface area contributed by atoms with Gasteiger partial charge in [-0.1, -0.05) is 12.1 Å². The van der Waals surface area contributed by atoms with Gasteiger partial charge in [0.25, 0.3) is 0 Å². The Bertz CT molecular complexity index is 453. The minimum atomic E-state index is 0.640. The van der Waals surface area contributed by atoms with Gasteiger partial charge in [-0.05, 0) is 12.1 Å². The van der Waals surface area contributed by atoms with Crippen molar-refractivity contribution in [2.75, 3.05) is 14.2 Å². The van der Waals surface area contributed by atoms with Crippen LogP contribution >= 0.6 is 11.3 Å². The molecule has 0 unspecified atom stereocenters. The van der Waals surface area contributed by atoms with E-state index in [1.54, 1.807) is 25.6 Å². The molecular formula is C11H11NO2S. The first-order valence-corrected chi connectivity index (χ1v) is 5.36. The van der Waals surface area contributed by atoms with Crippen LogP contribution in [0, 0.1) is 0 Å². The standard InChI is InChI=1S/C11H11NO2S/c1-13-9-6-4-3-5-8(9)11-12-10(14-2)7-15-11/h3-7H,1-2H3. The molecule has 0 fully saturated rings. The Hall–Kier alpha value is -1.55. The van der Waals surface area contributed by atoms with E-state index in [9.17, 15) is 0 Å². The van der Waals surface area contributed by atoms with Crippen LogP contribution < -0.4 is 9.47 Å². The molecule has 15 heavy (non-hydrogen) atoms. The maximum atomic E-state index is 5.27. The van der Waals surface area contributed by atoms with Crippen LogP contribution in [0.4, 0.5) is 0 Å². The maximum absolute atomic E-state index is 5.27. The SMILES string of the molecule is COc1csc(-c2ccccc2OC)n1. The van der Waals surface area contributed by atoms with E-state index in [2.05, 4.69) is 4.98 Å². The topological polar surface area (TPSA) is 31.4 Å². The monoisotopic (exact) mass is 221 g/mol. The summed E-state index contributed by atoms with van der Waals surface area (Å²) in [5, 5.41) is 2.78. The van der Waals surface area contributed by atoms with Crippen LogP contribution in [0.15, 0.2) is 29.6 Å². The number of rotatable bonds is 3. The third-order valence-electron chi connectivity index (χ3n) is 2.03. The van der Waals surface area contributed by atoms with Crippen LogP contribution in [0.1, 0.15) is 0 Å². The molecule has 0 spiro atoms. The van der Waals surface area contributed by atoms with Crippen molar-refractivity contribution < 1.29 is 9.47 Å². The first kappa shape index (κ1) is 9.98. The molecule has 0 aliphatic heterocycles. The number of ether oxygens (including phenoxy) is 2. The van der Waals surface area contributed by atoms with Gasteiger partial charge < -0.3 is 9.47 Å². The summed E-state index contributed by atoms with van der Waals surface area (Å²) in [4.78, 5) is 4.32. The average molecular weight is 221 g/mol. The van der Waals surface area contributed by atoms with Crippen LogP contribution in [0.25, 0.3) is 10.6 Å². The molecule has 0 saturated carbocycles. The van der Waals surface area contributed by atoms with Gasteiger partial charge in [-0.15, -0.1) is 11.3 Å². The predicted octanol–water partition coefficient (Wildman–Crippen LogP) is 2.83. The number of para-hydroxylation sites is 1. The Balaban J connectivity index is 2.44. The lowest BCUT2D eigenvalue weighted by molar-refractivity contribution is 0.400. The number of nitrogens with zero attached hydrogens (tertiary/aromatic N) is 1. The molecule has 0 amide bonds. The summed E-state index contributed by atoms with van der Waals surface area (Å²) in [7, 11) is 3.27. The Morgan fingerprint density at radius 1 is 1.13 bits per heavy atom. The number of hydrogen-bond donors (Lipinski definition) is 0. The van der Waals surface area contributed by atoms with Gasteiger partial charge in [0.2, 0.25) is 5.88 Å². The number of aromatic nitrogens is 1. The van der Waals surface area contributed by atoms with Crippen molar-refractivity contribution in [3.63, 3.8) is 0 Å². The fourth-order valence-corrected chi connectivity index (χ4v) is 2.10. The molecule has 78 valence electrons. The van der Waals surface area contributed by atoms with Crippen molar-refractivity contribution in [3.8, 4) is 22.2 Å². The van der Waals surface area contributed by atoms with Crippen LogP contribution in [0.3, 0.4) is 0 Å². The van der Waals surface area contributed by atoms with Gasteiger partial charge in [0.1, 0.15) is 10.8 Å². The third-order valence-corrected chi connectivity index (χ3v) is 2.88.